The lowest BCUT2D eigenvalue weighted by molar-refractivity contribution is 0.574. The van der Waals surface area contributed by atoms with Crippen LogP contribution < -0.4 is 0 Å². The van der Waals surface area contributed by atoms with Gasteiger partial charge >= 0.3 is 6.01 Å². The Morgan fingerprint density at radius 3 is 2.42 bits per heavy atom. The third-order valence-corrected chi connectivity index (χ3v) is 6.83. The largest absolute Gasteiger partial charge is 0.423 e. The number of para-hydroxylation sites is 3. The lowest BCUT2D eigenvalue weighted by Gasteiger charge is -2.22. The molecule has 2 aromatic heterocycles. The van der Waals surface area contributed by atoms with Crippen molar-refractivity contribution in [1.29, 1.82) is 0 Å². The number of fused-ring (bicyclic) bond motifs is 8. The van der Waals surface area contributed by atoms with Crippen molar-refractivity contribution in [3.8, 4) is 17.1 Å². The van der Waals surface area contributed by atoms with Gasteiger partial charge in [0, 0.05) is 16.2 Å². The summed E-state index contributed by atoms with van der Waals surface area (Å²) in [5, 5.41) is 2.52. The Bertz CT molecular complexity index is 1630. The van der Waals surface area contributed by atoms with Crippen LogP contribution in [0.1, 0.15) is 25.0 Å². The van der Waals surface area contributed by atoms with Crippen LogP contribution in [0.3, 0.4) is 0 Å². The fraction of sp³-hybridized carbons (Fsp3) is 0.107. The molecule has 0 spiro atoms. The van der Waals surface area contributed by atoms with E-state index in [4.69, 9.17) is 9.40 Å². The Labute approximate surface area is 179 Å². The molecule has 1 aliphatic carbocycles. The van der Waals surface area contributed by atoms with Gasteiger partial charge in [0.2, 0.25) is 0 Å². The maximum atomic E-state index is 6.21. The first-order valence-corrected chi connectivity index (χ1v) is 10.7. The highest BCUT2D eigenvalue weighted by molar-refractivity contribution is 6.14. The van der Waals surface area contributed by atoms with E-state index in [1.54, 1.807) is 0 Å². The molecule has 6 aromatic rings. The van der Waals surface area contributed by atoms with E-state index in [0.717, 1.165) is 22.1 Å². The van der Waals surface area contributed by atoms with E-state index < -0.39 is 0 Å². The fourth-order valence-corrected chi connectivity index (χ4v) is 5.49. The highest BCUT2D eigenvalue weighted by Gasteiger charge is 2.38. The second-order valence-electron chi connectivity index (χ2n) is 8.87. The maximum Gasteiger partial charge on any atom is 0.307 e. The smallest absolute Gasteiger partial charge is 0.307 e. The Morgan fingerprint density at radius 2 is 1.52 bits per heavy atom. The normalized spacial score (nSPS) is 14.4. The van der Waals surface area contributed by atoms with Crippen molar-refractivity contribution in [2.45, 2.75) is 19.3 Å². The highest BCUT2D eigenvalue weighted by atomic mass is 16.4. The van der Waals surface area contributed by atoms with E-state index in [0.29, 0.717) is 6.01 Å². The molecule has 0 N–H and O–H groups in total. The molecule has 2 heterocycles. The predicted molar refractivity (Wildman–Crippen MR) is 126 cm³/mol. The van der Waals surface area contributed by atoms with Gasteiger partial charge in [0.1, 0.15) is 5.52 Å². The standard InChI is InChI=1S/C28H20N2O/c1-28(2)20-11-5-3-9-17(20)18-15-16-23-25(26(18)28)19-10-4-7-13-22(19)30(23)27-29-21-12-6-8-14-24(21)31-27/h3-16H,1-2H3. The minimum atomic E-state index is -0.0816. The average Bonchev–Trinajstić information content (AvgIpc) is 3.43. The van der Waals surface area contributed by atoms with Gasteiger partial charge in [-0.15, -0.1) is 0 Å². The average molecular weight is 400 g/mol. The summed E-state index contributed by atoms with van der Waals surface area (Å²) >= 11 is 0. The molecule has 31 heavy (non-hydrogen) atoms. The van der Waals surface area contributed by atoms with Crippen molar-refractivity contribution in [3.63, 3.8) is 0 Å². The van der Waals surface area contributed by atoms with Crippen molar-refractivity contribution in [1.82, 2.24) is 9.55 Å². The van der Waals surface area contributed by atoms with Gasteiger partial charge in [0.25, 0.3) is 0 Å². The summed E-state index contributed by atoms with van der Waals surface area (Å²) < 4.78 is 8.38. The first-order chi connectivity index (χ1) is 15.1. The number of nitrogens with zero attached hydrogens (tertiary/aromatic N) is 2. The molecule has 0 bridgehead atoms. The van der Waals surface area contributed by atoms with Crippen molar-refractivity contribution in [3.05, 3.63) is 96.1 Å². The fourth-order valence-electron chi connectivity index (χ4n) is 5.49. The van der Waals surface area contributed by atoms with Gasteiger partial charge in [-0.25, -0.2) is 0 Å². The van der Waals surface area contributed by atoms with Crippen LogP contribution in [0.25, 0.3) is 50.0 Å². The van der Waals surface area contributed by atoms with E-state index in [2.05, 4.69) is 79.1 Å². The second-order valence-corrected chi connectivity index (χ2v) is 8.87. The third kappa shape index (κ3) is 2.05. The van der Waals surface area contributed by atoms with Crippen molar-refractivity contribution >= 4 is 32.9 Å². The van der Waals surface area contributed by atoms with Gasteiger partial charge in [-0.2, -0.15) is 4.98 Å². The van der Waals surface area contributed by atoms with Crippen LogP contribution in [-0.4, -0.2) is 9.55 Å². The number of hydrogen-bond acceptors (Lipinski definition) is 2. The van der Waals surface area contributed by atoms with E-state index in [1.165, 1.54) is 33.0 Å². The van der Waals surface area contributed by atoms with E-state index in [1.807, 2.05) is 24.3 Å². The first kappa shape index (κ1) is 16.9. The molecular weight excluding hydrogens is 380 g/mol. The SMILES string of the molecule is CC1(C)c2ccccc2-c2ccc3c(c21)c1ccccc1n3-c1nc2ccccc2o1. The topological polar surface area (TPSA) is 31.0 Å². The molecule has 0 radical (unpaired) electrons. The number of benzene rings is 4. The van der Waals surface area contributed by atoms with E-state index in [9.17, 15) is 0 Å². The number of hydrogen-bond donors (Lipinski definition) is 0. The van der Waals surface area contributed by atoms with E-state index in [-0.39, 0.29) is 5.41 Å². The summed E-state index contributed by atoms with van der Waals surface area (Å²) in [7, 11) is 0. The molecule has 0 saturated carbocycles. The van der Waals surface area contributed by atoms with Crippen molar-refractivity contribution in [2.75, 3.05) is 0 Å². The Balaban J connectivity index is 1.66. The maximum absolute atomic E-state index is 6.21. The molecule has 0 fully saturated rings. The Morgan fingerprint density at radius 1 is 0.742 bits per heavy atom. The summed E-state index contributed by atoms with van der Waals surface area (Å²) in [5.74, 6) is 0. The zero-order valence-corrected chi connectivity index (χ0v) is 17.4. The Kier molecular flexibility index (Phi) is 3.07. The van der Waals surface area contributed by atoms with Crippen LogP contribution in [0.2, 0.25) is 0 Å². The molecule has 1 aliphatic rings. The summed E-state index contributed by atoms with van der Waals surface area (Å²) in [5.41, 5.74) is 9.28. The second kappa shape index (κ2) is 5.64. The third-order valence-electron chi connectivity index (χ3n) is 6.83. The highest BCUT2D eigenvalue weighted by Crippen LogP contribution is 2.53. The van der Waals surface area contributed by atoms with Crippen LogP contribution in [0, 0.1) is 0 Å². The van der Waals surface area contributed by atoms with Crippen LogP contribution in [0.5, 0.6) is 0 Å². The molecule has 0 atom stereocenters. The van der Waals surface area contributed by atoms with E-state index >= 15 is 0 Å². The number of aromatic nitrogens is 2. The summed E-state index contributed by atoms with van der Waals surface area (Å²) in [6, 6.07) is 30.4. The molecule has 7 rings (SSSR count). The van der Waals surface area contributed by atoms with Crippen LogP contribution >= 0.6 is 0 Å². The molecule has 3 heteroatoms. The first-order valence-electron chi connectivity index (χ1n) is 10.7. The van der Waals surface area contributed by atoms with Crippen molar-refractivity contribution < 1.29 is 4.42 Å². The van der Waals surface area contributed by atoms with Gasteiger partial charge in [0.05, 0.1) is 11.0 Å². The summed E-state index contributed by atoms with van der Waals surface area (Å²) in [6.07, 6.45) is 0. The lowest BCUT2D eigenvalue weighted by atomic mass is 9.80. The van der Waals surface area contributed by atoms with Gasteiger partial charge < -0.3 is 4.42 Å². The molecule has 148 valence electrons. The monoisotopic (exact) mass is 400 g/mol. The lowest BCUT2D eigenvalue weighted by Crippen LogP contribution is -2.15. The number of rotatable bonds is 1. The minimum absolute atomic E-state index is 0.0816. The van der Waals surface area contributed by atoms with Crippen LogP contribution in [-0.2, 0) is 5.41 Å². The molecule has 0 unspecified atom stereocenters. The zero-order chi connectivity index (χ0) is 20.7. The zero-order valence-electron chi connectivity index (χ0n) is 17.4. The van der Waals surface area contributed by atoms with Gasteiger partial charge in [-0.05, 0) is 46.5 Å². The molecule has 4 aromatic carbocycles. The van der Waals surface area contributed by atoms with Gasteiger partial charge in [-0.3, -0.25) is 4.57 Å². The Hall–Kier alpha value is -3.85. The predicted octanol–water partition coefficient (Wildman–Crippen LogP) is 7.23. The minimum Gasteiger partial charge on any atom is -0.423 e. The summed E-state index contributed by atoms with van der Waals surface area (Å²) in [6.45, 7) is 4.67. The molecule has 0 aliphatic heterocycles. The molecule has 0 saturated heterocycles. The quantitative estimate of drug-likeness (QED) is 0.291. The molecular formula is C28H20N2O. The van der Waals surface area contributed by atoms with Crippen molar-refractivity contribution in [2.24, 2.45) is 0 Å². The van der Waals surface area contributed by atoms with Crippen LogP contribution in [0.4, 0.5) is 0 Å². The molecule has 3 nitrogen and oxygen atoms in total. The van der Waals surface area contributed by atoms with Gasteiger partial charge in [-0.1, -0.05) is 74.5 Å². The summed E-state index contributed by atoms with van der Waals surface area (Å²) in [4.78, 5) is 4.82. The number of oxazole rings is 1. The van der Waals surface area contributed by atoms with Crippen LogP contribution in [0.15, 0.2) is 89.3 Å². The molecule has 0 amide bonds. The van der Waals surface area contributed by atoms with Gasteiger partial charge in [0.15, 0.2) is 5.58 Å².